The summed E-state index contributed by atoms with van der Waals surface area (Å²) < 4.78 is 11.6. The number of nitrogens with one attached hydrogen (secondary N) is 2. The summed E-state index contributed by atoms with van der Waals surface area (Å²) in [4.78, 5) is 23.9. The summed E-state index contributed by atoms with van der Waals surface area (Å²) >= 11 is 2.19. The van der Waals surface area contributed by atoms with Gasteiger partial charge in [-0.15, -0.1) is 0 Å². The summed E-state index contributed by atoms with van der Waals surface area (Å²) in [6, 6.07) is 11.0. The Morgan fingerprint density at radius 1 is 1.08 bits per heavy atom. The van der Waals surface area contributed by atoms with Crippen LogP contribution in [0, 0.1) is 10.5 Å². The van der Waals surface area contributed by atoms with Gasteiger partial charge in [-0.25, -0.2) is 0 Å². The number of carbonyl (C=O) groups is 2. The van der Waals surface area contributed by atoms with Crippen molar-refractivity contribution in [3.63, 3.8) is 0 Å². The number of amides is 2. The normalized spacial score (nSPS) is 11.9. The Bertz CT molecular complexity index is 807. The van der Waals surface area contributed by atoms with E-state index in [1.165, 1.54) is 0 Å². The van der Waals surface area contributed by atoms with Crippen LogP contribution >= 0.6 is 22.6 Å². The van der Waals surface area contributed by atoms with Crippen LogP contribution in [0.5, 0.6) is 11.5 Å². The summed E-state index contributed by atoms with van der Waals surface area (Å²) in [5.41, 5.74) is 2.35. The van der Waals surface area contributed by atoms with Gasteiger partial charge in [0.15, 0.2) is 11.5 Å². The van der Waals surface area contributed by atoms with Gasteiger partial charge in [-0.1, -0.05) is 6.07 Å². The van der Waals surface area contributed by atoms with E-state index in [0.29, 0.717) is 17.2 Å². The van der Waals surface area contributed by atoms with E-state index in [1.807, 2.05) is 25.1 Å². The van der Waals surface area contributed by atoms with Crippen LogP contribution in [0.25, 0.3) is 0 Å². The first-order chi connectivity index (χ1) is 11.5. The topological polar surface area (TPSA) is 76.7 Å². The average Bonchev–Trinajstić information content (AvgIpc) is 3.02. The minimum atomic E-state index is -0.694. The molecule has 3 rings (SSSR count). The van der Waals surface area contributed by atoms with Crippen LogP contribution in [-0.4, -0.2) is 18.6 Å². The number of hydrogen-bond acceptors (Lipinski definition) is 4. The summed E-state index contributed by atoms with van der Waals surface area (Å²) in [7, 11) is 0. The van der Waals surface area contributed by atoms with E-state index >= 15 is 0 Å². The van der Waals surface area contributed by atoms with Crippen LogP contribution in [0.15, 0.2) is 36.4 Å². The maximum atomic E-state index is 12.0. The molecule has 1 aliphatic heterocycles. The van der Waals surface area contributed by atoms with Gasteiger partial charge in [0.1, 0.15) is 0 Å². The second-order valence-electron chi connectivity index (χ2n) is 5.28. The summed E-state index contributed by atoms with van der Waals surface area (Å²) in [5.74, 6) is -0.0663. The molecule has 0 fully saturated rings. The third-order valence-corrected chi connectivity index (χ3v) is 4.20. The fourth-order valence-electron chi connectivity index (χ4n) is 2.26. The Balaban J connectivity index is 1.57. The lowest BCUT2D eigenvalue weighted by atomic mass is 10.2. The zero-order valence-electron chi connectivity index (χ0n) is 12.9. The molecule has 0 saturated carbocycles. The van der Waals surface area contributed by atoms with Gasteiger partial charge in [0.05, 0.1) is 0 Å². The molecule has 2 aromatic rings. The van der Waals surface area contributed by atoms with Gasteiger partial charge in [0.2, 0.25) is 6.79 Å². The summed E-state index contributed by atoms with van der Waals surface area (Å²) in [5, 5.41) is 5.21. The van der Waals surface area contributed by atoms with Crippen molar-refractivity contribution >= 4 is 40.1 Å². The number of fused-ring (bicyclic) bond motifs is 1. The Labute approximate surface area is 152 Å². The minimum Gasteiger partial charge on any atom is -0.454 e. The monoisotopic (exact) mass is 438 g/mol. The number of ether oxygens (including phenoxy) is 2. The van der Waals surface area contributed by atoms with Gasteiger partial charge < -0.3 is 20.1 Å². The molecule has 0 aliphatic carbocycles. The quantitative estimate of drug-likeness (QED) is 0.571. The molecule has 2 aromatic carbocycles. The highest BCUT2D eigenvalue weighted by Crippen LogP contribution is 2.32. The van der Waals surface area contributed by atoms with Gasteiger partial charge >= 0.3 is 11.8 Å². The van der Waals surface area contributed by atoms with Crippen molar-refractivity contribution in [2.45, 2.75) is 13.5 Å². The molecule has 0 saturated heterocycles. The second kappa shape index (κ2) is 7.08. The maximum absolute atomic E-state index is 12.0. The molecule has 1 heterocycles. The van der Waals surface area contributed by atoms with Gasteiger partial charge in [-0.05, 0) is 71.0 Å². The van der Waals surface area contributed by atoms with Crippen molar-refractivity contribution in [1.82, 2.24) is 5.32 Å². The van der Waals surface area contributed by atoms with Gasteiger partial charge in [0, 0.05) is 15.8 Å². The number of aryl methyl sites for hydroxylation is 1. The molecule has 24 heavy (non-hydrogen) atoms. The minimum absolute atomic E-state index is 0.197. The van der Waals surface area contributed by atoms with Crippen LogP contribution < -0.4 is 20.1 Å². The molecule has 0 spiro atoms. The lowest BCUT2D eigenvalue weighted by Crippen LogP contribution is -2.35. The highest BCUT2D eigenvalue weighted by molar-refractivity contribution is 14.1. The van der Waals surface area contributed by atoms with Gasteiger partial charge in [-0.3, -0.25) is 9.59 Å². The van der Waals surface area contributed by atoms with Crippen molar-refractivity contribution in [3.8, 4) is 11.5 Å². The molecule has 0 aromatic heterocycles. The van der Waals surface area contributed by atoms with E-state index in [1.54, 1.807) is 18.2 Å². The molecule has 124 valence electrons. The Kier molecular flexibility index (Phi) is 4.89. The zero-order valence-corrected chi connectivity index (χ0v) is 15.0. The summed E-state index contributed by atoms with van der Waals surface area (Å²) in [6.45, 7) is 2.31. The molecular weight excluding hydrogens is 423 g/mol. The lowest BCUT2D eigenvalue weighted by Gasteiger charge is -2.09. The number of halogens is 1. The first kappa shape index (κ1) is 16.6. The van der Waals surface area contributed by atoms with Crippen LogP contribution in [0.3, 0.4) is 0 Å². The fraction of sp³-hybridized carbons (Fsp3) is 0.176. The average molecular weight is 438 g/mol. The number of hydrogen-bond donors (Lipinski definition) is 2. The van der Waals surface area contributed by atoms with Crippen molar-refractivity contribution in [2.24, 2.45) is 0 Å². The molecule has 6 nitrogen and oxygen atoms in total. The van der Waals surface area contributed by atoms with Crippen LogP contribution in [0.4, 0.5) is 5.69 Å². The highest BCUT2D eigenvalue weighted by Gasteiger charge is 2.16. The number of benzene rings is 2. The molecule has 0 radical (unpaired) electrons. The predicted octanol–water partition coefficient (Wildman–Crippen LogP) is 2.58. The van der Waals surface area contributed by atoms with E-state index in [9.17, 15) is 9.59 Å². The van der Waals surface area contributed by atoms with Crippen LogP contribution in [0.1, 0.15) is 11.1 Å². The molecular formula is C17H15IN2O4. The summed E-state index contributed by atoms with van der Waals surface area (Å²) in [6.07, 6.45) is 0. The largest absolute Gasteiger partial charge is 0.454 e. The SMILES string of the molecule is Cc1cc(I)ccc1NC(=O)C(=O)NCc1ccc2c(c1)OCO2. The molecule has 0 unspecified atom stereocenters. The van der Waals surface area contributed by atoms with Crippen molar-refractivity contribution in [1.29, 1.82) is 0 Å². The molecule has 2 N–H and O–H groups in total. The Morgan fingerprint density at radius 2 is 1.88 bits per heavy atom. The molecule has 0 bridgehead atoms. The number of anilines is 1. The molecule has 1 aliphatic rings. The number of rotatable bonds is 3. The standard InChI is InChI=1S/C17H15IN2O4/c1-10-6-12(18)3-4-13(10)20-17(22)16(21)19-8-11-2-5-14-15(7-11)24-9-23-14/h2-7H,8-9H2,1H3,(H,19,21)(H,20,22). The third kappa shape index (κ3) is 3.78. The first-order valence-electron chi connectivity index (χ1n) is 7.27. The van der Waals surface area contributed by atoms with E-state index in [2.05, 4.69) is 33.2 Å². The Hall–Kier alpha value is -2.29. The Morgan fingerprint density at radius 3 is 2.67 bits per heavy atom. The van der Waals surface area contributed by atoms with Crippen LogP contribution in [0.2, 0.25) is 0 Å². The first-order valence-corrected chi connectivity index (χ1v) is 8.34. The second-order valence-corrected chi connectivity index (χ2v) is 6.53. The zero-order chi connectivity index (χ0) is 17.1. The van der Waals surface area contributed by atoms with E-state index in [-0.39, 0.29) is 13.3 Å². The van der Waals surface area contributed by atoms with Gasteiger partial charge in [0.25, 0.3) is 0 Å². The van der Waals surface area contributed by atoms with Crippen molar-refractivity contribution < 1.29 is 19.1 Å². The van der Waals surface area contributed by atoms with E-state index in [0.717, 1.165) is 14.7 Å². The lowest BCUT2D eigenvalue weighted by molar-refractivity contribution is -0.136. The van der Waals surface area contributed by atoms with Crippen molar-refractivity contribution in [2.75, 3.05) is 12.1 Å². The smallest absolute Gasteiger partial charge is 0.313 e. The molecule has 0 atom stereocenters. The van der Waals surface area contributed by atoms with Crippen molar-refractivity contribution in [3.05, 3.63) is 51.1 Å². The molecule has 7 heteroatoms. The highest BCUT2D eigenvalue weighted by atomic mass is 127. The maximum Gasteiger partial charge on any atom is 0.313 e. The van der Waals surface area contributed by atoms with E-state index in [4.69, 9.17) is 9.47 Å². The molecule has 2 amide bonds. The van der Waals surface area contributed by atoms with Crippen LogP contribution in [-0.2, 0) is 16.1 Å². The van der Waals surface area contributed by atoms with Gasteiger partial charge in [-0.2, -0.15) is 0 Å². The third-order valence-electron chi connectivity index (χ3n) is 3.53. The fourth-order valence-corrected chi connectivity index (χ4v) is 2.91. The number of carbonyl (C=O) groups excluding carboxylic acids is 2. The van der Waals surface area contributed by atoms with E-state index < -0.39 is 11.8 Å². The predicted molar refractivity (Wildman–Crippen MR) is 96.9 cm³/mol.